The van der Waals surface area contributed by atoms with Gasteiger partial charge in [-0.25, -0.2) is 0 Å². The zero-order valence-corrected chi connectivity index (χ0v) is 14.9. The number of methoxy groups -OCH3 is 1. The van der Waals surface area contributed by atoms with Gasteiger partial charge in [-0.05, 0) is 44.7 Å². The van der Waals surface area contributed by atoms with Crippen molar-refractivity contribution in [1.29, 1.82) is 0 Å². The van der Waals surface area contributed by atoms with Crippen LogP contribution in [-0.2, 0) is 4.74 Å². The van der Waals surface area contributed by atoms with Crippen LogP contribution in [0.25, 0.3) is 0 Å². The quantitative estimate of drug-likeness (QED) is 0.672. The van der Waals surface area contributed by atoms with Gasteiger partial charge in [-0.15, -0.1) is 0 Å². The normalized spacial score (nSPS) is 18.0. The number of hydrogen-bond acceptors (Lipinski definition) is 3. The van der Waals surface area contributed by atoms with Crippen molar-refractivity contribution in [2.24, 2.45) is 0 Å². The number of nitrogens with zero attached hydrogens (tertiary/aromatic N) is 1. The smallest absolute Gasteiger partial charge is 0.163 e. The molecule has 0 saturated carbocycles. The number of aryl methyl sites for hydroxylation is 1. The average Bonchev–Trinajstić information content (AvgIpc) is 2.57. The Morgan fingerprint density at radius 3 is 2.57 bits per heavy atom. The highest BCUT2D eigenvalue weighted by molar-refractivity contribution is 5.97. The van der Waals surface area contributed by atoms with Crippen LogP contribution < -0.4 is 0 Å². The highest BCUT2D eigenvalue weighted by Crippen LogP contribution is 2.30. The highest BCUT2D eigenvalue weighted by Gasteiger charge is 2.33. The first kappa shape index (κ1) is 18.2. The summed E-state index contributed by atoms with van der Waals surface area (Å²) in [6.45, 7) is 7.43. The van der Waals surface area contributed by atoms with E-state index in [4.69, 9.17) is 4.74 Å². The van der Waals surface area contributed by atoms with Gasteiger partial charge < -0.3 is 9.64 Å². The lowest BCUT2D eigenvalue weighted by molar-refractivity contribution is -0.0630. The lowest BCUT2D eigenvalue weighted by Gasteiger charge is -2.41. The Labute approximate surface area is 141 Å². The fourth-order valence-electron chi connectivity index (χ4n) is 3.68. The van der Waals surface area contributed by atoms with E-state index in [0.29, 0.717) is 6.42 Å². The second-order valence-electron chi connectivity index (χ2n) is 6.82. The molecule has 1 aliphatic rings. The number of carbonyl (C=O) groups excluding carboxylic acids is 1. The predicted octanol–water partition coefficient (Wildman–Crippen LogP) is 4.24. The Bertz CT molecular complexity index is 504. The van der Waals surface area contributed by atoms with E-state index in [0.717, 1.165) is 56.4 Å². The van der Waals surface area contributed by atoms with Crippen molar-refractivity contribution in [3.63, 3.8) is 0 Å². The maximum atomic E-state index is 12.3. The number of Topliss-reactive ketones (excluding diaryl/α,β-unsaturated/α-hetero) is 1. The zero-order chi connectivity index (χ0) is 16.7. The third-order valence-corrected chi connectivity index (χ3v) is 5.23. The van der Waals surface area contributed by atoms with Crippen molar-refractivity contribution in [2.45, 2.75) is 58.0 Å². The van der Waals surface area contributed by atoms with E-state index < -0.39 is 0 Å². The van der Waals surface area contributed by atoms with Crippen LogP contribution in [0.5, 0.6) is 0 Å². The van der Waals surface area contributed by atoms with Crippen molar-refractivity contribution in [2.75, 3.05) is 26.7 Å². The third kappa shape index (κ3) is 4.89. The molecule has 0 radical (unpaired) electrons. The molecule has 1 fully saturated rings. The Morgan fingerprint density at radius 1 is 1.26 bits per heavy atom. The maximum Gasteiger partial charge on any atom is 0.163 e. The summed E-state index contributed by atoms with van der Waals surface area (Å²) in [6.07, 6.45) is 6.15. The molecule has 0 amide bonds. The molecule has 1 heterocycles. The minimum Gasteiger partial charge on any atom is -0.378 e. The largest absolute Gasteiger partial charge is 0.378 e. The molecule has 0 bridgehead atoms. The van der Waals surface area contributed by atoms with Crippen LogP contribution in [0.3, 0.4) is 0 Å². The van der Waals surface area contributed by atoms with Crippen LogP contribution in [0.1, 0.15) is 61.4 Å². The molecule has 23 heavy (non-hydrogen) atoms. The fourth-order valence-corrected chi connectivity index (χ4v) is 3.68. The number of ether oxygens (including phenoxy) is 1. The molecule has 1 aromatic rings. The molecule has 1 saturated heterocycles. The number of piperidine rings is 1. The Balaban J connectivity index is 1.74. The van der Waals surface area contributed by atoms with Crippen LogP contribution in [-0.4, -0.2) is 43.0 Å². The first-order valence-electron chi connectivity index (χ1n) is 8.96. The van der Waals surface area contributed by atoms with E-state index in [1.165, 1.54) is 6.42 Å². The van der Waals surface area contributed by atoms with Crippen LogP contribution in [0.2, 0.25) is 0 Å². The second-order valence-corrected chi connectivity index (χ2v) is 6.82. The summed E-state index contributed by atoms with van der Waals surface area (Å²) in [7, 11) is 1.85. The molecular weight excluding hydrogens is 286 g/mol. The highest BCUT2D eigenvalue weighted by atomic mass is 16.5. The monoisotopic (exact) mass is 317 g/mol. The molecule has 2 rings (SSSR count). The predicted molar refractivity (Wildman–Crippen MR) is 95.1 cm³/mol. The summed E-state index contributed by atoms with van der Waals surface area (Å²) in [6, 6.07) is 7.88. The second kappa shape index (κ2) is 8.60. The van der Waals surface area contributed by atoms with E-state index in [9.17, 15) is 4.79 Å². The van der Waals surface area contributed by atoms with Crippen molar-refractivity contribution >= 4 is 5.78 Å². The number of likely N-dealkylation sites (tertiary alicyclic amines) is 1. The molecule has 3 nitrogen and oxygen atoms in total. The summed E-state index contributed by atoms with van der Waals surface area (Å²) in [5, 5.41) is 0. The minimum atomic E-state index is 0.0994. The van der Waals surface area contributed by atoms with Crippen LogP contribution in [0.4, 0.5) is 0 Å². The van der Waals surface area contributed by atoms with Crippen molar-refractivity contribution in [1.82, 2.24) is 4.90 Å². The molecule has 0 unspecified atom stereocenters. The molecule has 0 atom stereocenters. The first-order chi connectivity index (χ1) is 11.1. The molecule has 128 valence electrons. The molecule has 0 aliphatic carbocycles. The van der Waals surface area contributed by atoms with E-state index >= 15 is 0 Å². The van der Waals surface area contributed by atoms with E-state index in [2.05, 4.69) is 11.8 Å². The van der Waals surface area contributed by atoms with Gasteiger partial charge in [0, 0.05) is 32.2 Å². The van der Waals surface area contributed by atoms with Gasteiger partial charge >= 0.3 is 0 Å². The Kier molecular flexibility index (Phi) is 6.79. The number of rotatable bonds is 8. The molecule has 3 heteroatoms. The zero-order valence-electron chi connectivity index (χ0n) is 14.9. The van der Waals surface area contributed by atoms with E-state index in [1.807, 2.05) is 38.3 Å². The van der Waals surface area contributed by atoms with Gasteiger partial charge in [-0.2, -0.15) is 0 Å². The molecule has 0 N–H and O–H groups in total. The van der Waals surface area contributed by atoms with Crippen LogP contribution in [0.15, 0.2) is 24.3 Å². The van der Waals surface area contributed by atoms with Gasteiger partial charge in [0.2, 0.25) is 0 Å². The number of benzene rings is 1. The van der Waals surface area contributed by atoms with Crippen molar-refractivity contribution in [3.05, 3.63) is 35.4 Å². The van der Waals surface area contributed by atoms with E-state index in [1.54, 1.807) is 0 Å². The molecule has 1 aromatic carbocycles. The average molecular weight is 317 g/mol. The molecule has 0 aromatic heterocycles. The summed E-state index contributed by atoms with van der Waals surface area (Å²) >= 11 is 0. The summed E-state index contributed by atoms with van der Waals surface area (Å²) in [4.78, 5) is 14.8. The minimum absolute atomic E-state index is 0.0994. The fraction of sp³-hybridized carbons (Fsp3) is 0.650. The number of carbonyl (C=O) groups is 1. The lowest BCUT2D eigenvalue weighted by atomic mass is 9.87. The first-order valence-corrected chi connectivity index (χ1v) is 8.96. The Morgan fingerprint density at radius 2 is 1.96 bits per heavy atom. The molecule has 0 spiro atoms. The van der Waals surface area contributed by atoms with Crippen LogP contribution >= 0.6 is 0 Å². The number of ketones is 1. The topological polar surface area (TPSA) is 29.5 Å². The lowest BCUT2D eigenvalue weighted by Crippen LogP contribution is -2.45. The van der Waals surface area contributed by atoms with Gasteiger partial charge in [0.25, 0.3) is 0 Å². The van der Waals surface area contributed by atoms with E-state index in [-0.39, 0.29) is 11.4 Å². The Hall–Kier alpha value is -1.19. The van der Waals surface area contributed by atoms with Gasteiger partial charge in [0.1, 0.15) is 0 Å². The van der Waals surface area contributed by atoms with Gasteiger partial charge in [-0.1, -0.05) is 37.6 Å². The van der Waals surface area contributed by atoms with Crippen molar-refractivity contribution < 1.29 is 9.53 Å². The maximum absolute atomic E-state index is 12.3. The third-order valence-electron chi connectivity index (χ3n) is 5.23. The van der Waals surface area contributed by atoms with Crippen LogP contribution in [0, 0.1) is 6.92 Å². The summed E-state index contributed by atoms with van der Waals surface area (Å²) < 4.78 is 5.80. The molecular formula is C20H31NO2. The molecule has 1 aliphatic heterocycles. The van der Waals surface area contributed by atoms with Gasteiger partial charge in [-0.3, -0.25) is 4.79 Å². The standard InChI is InChI=1S/C20H31NO2/c1-4-11-20(23-3)12-15-21(16-13-20)14-7-10-19(22)18-9-6-5-8-17(18)2/h5-6,8-9H,4,7,10-16H2,1-3H3. The number of hydrogen-bond donors (Lipinski definition) is 0. The van der Waals surface area contributed by atoms with Crippen molar-refractivity contribution in [3.8, 4) is 0 Å². The van der Waals surface area contributed by atoms with Gasteiger partial charge in [0.05, 0.1) is 5.60 Å². The SMILES string of the molecule is CCCC1(OC)CCN(CCCC(=O)c2ccccc2C)CC1. The summed E-state index contributed by atoms with van der Waals surface area (Å²) in [5.41, 5.74) is 2.06. The summed E-state index contributed by atoms with van der Waals surface area (Å²) in [5.74, 6) is 0.275. The van der Waals surface area contributed by atoms with Gasteiger partial charge in [0.15, 0.2) is 5.78 Å².